The molecule has 0 saturated heterocycles. The smallest absolute Gasteiger partial charge is 0.265 e. The quantitative estimate of drug-likeness (QED) is 0.842. The van der Waals surface area contributed by atoms with E-state index in [9.17, 15) is 4.79 Å². The third-order valence-electron chi connectivity index (χ3n) is 2.85. The van der Waals surface area contributed by atoms with Gasteiger partial charge in [-0.25, -0.2) is 0 Å². The fraction of sp³-hybridized carbons (Fsp3) is 0.188. The average molecular weight is 269 g/mol. The Kier molecular flexibility index (Phi) is 4.03. The second-order valence-corrected chi connectivity index (χ2v) is 5.39. The number of aryl methyl sites for hydroxylation is 2. The number of amides is 1. The summed E-state index contributed by atoms with van der Waals surface area (Å²) < 4.78 is 0. The summed E-state index contributed by atoms with van der Waals surface area (Å²) in [4.78, 5) is 14.1. The molecule has 0 saturated carbocycles. The summed E-state index contributed by atoms with van der Waals surface area (Å²) in [5.74, 6) is 2.47. The third-order valence-corrected chi connectivity index (χ3v) is 4.23. The molecule has 1 amide bonds. The third kappa shape index (κ3) is 3.04. The molecule has 2 nitrogen and oxygen atoms in total. The number of anilines is 1. The number of hydrogen-bond donors (Lipinski definition) is 1. The highest BCUT2D eigenvalue weighted by molar-refractivity contribution is 7.14. The largest absolute Gasteiger partial charge is 0.321 e. The lowest BCUT2D eigenvalue weighted by atomic mass is 10.2. The maximum absolute atomic E-state index is 12.1. The maximum atomic E-state index is 12.1. The first-order chi connectivity index (χ1) is 9.13. The monoisotopic (exact) mass is 269 g/mol. The number of carbonyl (C=O) groups is 1. The molecule has 3 heteroatoms. The van der Waals surface area contributed by atoms with Gasteiger partial charge in [0.1, 0.15) is 0 Å². The Balaban J connectivity index is 2.18. The Morgan fingerprint density at radius 2 is 2.21 bits per heavy atom. The zero-order valence-corrected chi connectivity index (χ0v) is 11.8. The Hall–Kier alpha value is -2.05. The van der Waals surface area contributed by atoms with E-state index < -0.39 is 0 Å². The normalized spacial score (nSPS) is 9.95. The second-order valence-electron chi connectivity index (χ2n) is 4.25. The average Bonchev–Trinajstić information content (AvgIpc) is 2.80. The SMILES string of the molecule is C#Cc1cccc(NC(=O)c2cc(C)c(CC)s2)c1. The standard InChI is InChI=1S/C16H15NOS/c1-4-12-7-6-8-13(10-12)17-16(18)15-9-11(3)14(5-2)19-15/h1,6-10H,5H2,2-3H3,(H,17,18). The molecular formula is C16H15NOS. The van der Waals surface area contributed by atoms with Crippen molar-refractivity contribution in [3.05, 3.63) is 51.2 Å². The van der Waals surface area contributed by atoms with Crippen LogP contribution in [-0.2, 0) is 6.42 Å². The van der Waals surface area contributed by atoms with Crippen molar-refractivity contribution in [2.24, 2.45) is 0 Å². The fourth-order valence-electron chi connectivity index (χ4n) is 1.86. The molecule has 0 bridgehead atoms. The molecule has 2 rings (SSSR count). The summed E-state index contributed by atoms with van der Waals surface area (Å²) in [6.07, 6.45) is 6.30. The van der Waals surface area contributed by atoms with Crippen LogP contribution >= 0.6 is 11.3 Å². The van der Waals surface area contributed by atoms with Crippen LogP contribution in [0, 0.1) is 19.3 Å². The minimum atomic E-state index is -0.0815. The van der Waals surface area contributed by atoms with Crippen molar-refractivity contribution in [2.45, 2.75) is 20.3 Å². The van der Waals surface area contributed by atoms with Gasteiger partial charge < -0.3 is 5.32 Å². The molecule has 0 aliphatic heterocycles. The lowest BCUT2D eigenvalue weighted by molar-refractivity contribution is 0.103. The van der Waals surface area contributed by atoms with Crippen molar-refractivity contribution >= 4 is 22.9 Å². The van der Waals surface area contributed by atoms with Crippen LogP contribution in [0.1, 0.15) is 32.6 Å². The number of rotatable bonds is 3. The van der Waals surface area contributed by atoms with E-state index >= 15 is 0 Å². The van der Waals surface area contributed by atoms with Crippen LogP contribution in [0.4, 0.5) is 5.69 Å². The predicted molar refractivity (Wildman–Crippen MR) is 80.8 cm³/mol. The molecule has 1 N–H and O–H groups in total. The first kappa shape index (κ1) is 13.4. The number of nitrogens with one attached hydrogen (secondary N) is 1. The minimum Gasteiger partial charge on any atom is -0.321 e. The number of terminal acetylenes is 1. The van der Waals surface area contributed by atoms with Gasteiger partial charge in [0, 0.05) is 16.1 Å². The van der Waals surface area contributed by atoms with Gasteiger partial charge >= 0.3 is 0 Å². The Morgan fingerprint density at radius 3 is 2.84 bits per heavy atom. The molecule has 1 aromatic heterocycles. The van der Waals surface area contributed by atoms with Crippen LogP contribution in [-0.4, -0.2) is 5.91 Å². The molecular weight excluding hydrogens is 254 g/mol. The second kappa shape index (κ2) is 5.73. The first-order valence-electron chi connectivity index (χ1n) is 6.11. The van der Waals surface area contributed by atoms with Crippen LogP contribution < -0.4 is 5.32 Å². The van der Waals surface area contributed by atoms with Crippen molar-refractivity contribution in [3.8, 4) is 12.3 Å². The van der Waals surface area contributed by atoms with Gasteiger partial charge in [0.25, 0.3) is 5.91 Å². The molecule has 0 spiro atoms. The van der Waals surface area contributed by atoms with E-state index in [1.807, 2.05) is 31.2 Å². The summed E-state index contributed by atoms with van der Waals surface area (Å²) in [7, 11) is 0. The Morgan fingerprint density at radius 1 is 1.42 bits per heavy atom. The van der Waals surface area contributed by atoms with Crippen LogP contribution in [0.3, 0.4) is 0 Å². The van der Waals surface area contributed by atoms with E-state index in [4.69, 9.17) is 6.42 Å². The van der Waals surface area contributed by atoms with Crippen LogP contribution in [0.5, 0.6) is 0 Å². The molecule has 0 radical (unpaired) electrons. The minimum absolute atomic E-state index is 0.0815. The van der Waals surface area contributed by atoms with E-state index in [1.54, 1.807) is 17.4 Å². The lowest BCUT2D eigenvalue weighted by Crippen LogP contribution is -2.10. The highest BCUT2D eigenvalue weighted by Crippen LogP contribution is 2.23. The molecule has 96 valence electrons. The molecule has 1 heterocycles. The van der Waals surface area contributed by atoms with Gasteiger partial charge in [-0.2, -0.15) is 0 Å². The molecule has 1 aromatic carbocycles. The van der Waals surface area contributed by atoms with Gasteiger partial charge in [-0.3, -0.25) is 4.79 Å². The number of thiophene rings is 1. The first-order valence-corrected chi connectivity index (χ1v) is 6.93. The predicted octanol–water partition coefficient (Wildman–Crippen LogP) is 3.85. The highest BCUT2D eigenvalue weighted by atomic mass is 32.1. The van der Waals surface area contributed by atoms with Gasteiger partial charge in [0.2, 0.25) is 0 Å². The van der Waals surface area contributed by atoms with Crippen molar-refractivity contribution < 1.29 is 4.79 Å². The molecule has 0 unspecified atom stereocenters. The number of carbonyl (C=O) groups excluding carboxylic acids is 1. The Labute approximate surface area is 117 Å². The van der Waals surface area contributed by atoms with Crippen molar-refractivity contribution in [3.63, 3.8) is 0 Å². The van der Waals surface area contributed by atoms with E-state index in [0.29, 0.717) is 0 Å². The zero-order valence-electron chi connectivity index (χ0n) is 11.0. The summed E-state index contributed by atoms with van der Waals surface area (Å²) in [6, 6.07) is 9.23. The Bertz CT molecular complexity index is 649. The number of benzene rings is 1. The van der Waals surface area contributed by atoms with E-state index in [1.165, 1.54) is 10.4 Å². The number of hydrogen-bond acceptors (Lipinski definition) is 2. The molecule has 0 atom stereocenters. The topological polar surface area (TPSA) is 29.1 Å². The van der Waals surface area contributed by atoms with Crippen molar-refractivity contribution in [1.29, 1.82) is 0 Å². The molecule has 0 aliphatic rings. The van der Waals surface area contributed by atoms with E-state index in [-0.39, 0.29) is 5.91 Å². The lowest BCUT2D eigenvalue weighted by Gasteiger charge is -2.03. The van der Waals surface area contributed by atoms with E-state index in [2.05, 4.69) is 18.2 Å². The zero-order chi connectivity index (χ0) is 13.8. The van der Waals surface area contributed by atoms with Crippen molar-refractivity contribution in [1.82, 2.24) is 0 Å². The van der Waals surface area contributed by atoms with Gasteiger partial charge in [0.05, 0.1) is 4.88 Å². The molecule has 2 aromatic rings. The summed E-state index contributed by atoms with van der Waals surface area (Å²) >= 11 is 1.54. The van der Waals surface area contributed by atoms with Gasteiger partial charge in [0.15, 0.2) is 0 Å². The molecule has 0 aliphatic carbocycles. The fourth-order valence-corrected chi connectivity index (χ4v) is 2.87. The van der Waals surface area contributed by atoms with Crippen LogP contribution in [0.25, 0.3) is 0 Å². The van der Waals surface area contributed by atoms with Gasteiger partial charge in [-0.1, -0.05) is 18.9 Å². The summed E-state index contributed by atoms with van der Waals surface area (Å²) in [5.41, 5.74) is 2.66. The molecule has 19 heavy (non-hydrogen) atoms. The summed E-state index contributed by atoms with van der Waals surface area (Å²) in [6.45, 7) is 4.13. The van der Waals surface area contributed by atoms with Crippen LogP contribution in [0.15, 0.2) is 30.3 Å². The van der Waals surface area contributed by atoms with Crippen molar-refractivity contribution in [2.75, 3.05) is 5.32 Å². The van der Waals surface area contributed by atoms with Crippen LogP contribution in [0.2, 0.25) is 0 Å². The highest BCUT2D eigenvalue weighted by Gasteiger charge is 2.11. The van der Waals surface area contributed by atoms with Gasteiger partial charge in [-0.15, -0.1) is 17.8 Å². The van der Waals surface area contributed by atoms with Gasteiger partial charge in [-0.05, 0) is 43.2 Å². The van der Waals surface area contributed by atoms with E-state index in [0.717, 1.165) is 22.5 Å². The maximum Gasteiger partial charge on any atom is 0.265 e. The summed E-state index contributed by atoms with van der Waals surface area (Å²) in [5, 5.41) is 2.87. The molecule has 0 fully saturated rings.